The molecule has 1 fully saturated rings. The van der Waals surface area contributed by atoms with Crippen LogP contribution in [-0.4, -0.2) is 38.7 Å². The van der Waals surface area contributed by atoms with Crippen LogP contribution in [0.2, 0.25) is 0 Å². The van der Waals surface area contributed by atoms with E-state index in [2.05, 4.69) is 31.4 Å². The first kappa shape index (κ1) is 18.5. The van der Waals surface area contributed by atoms with E-state index in [0.717, 1.165) is 53.1 Å². The SMILES string of the molecule is N#Cc1ccc(N2CCC(Nc3nn4cc(-c5ccc(F)cc5)nc4s3)CC2)nc1. The summed E-state index contributed by atoms with van der Waals surface area (Å²) in [5.74, 6) is 0.652. The minimum absolute atomic E-state index is 0.259. The van der Waals surface area contributed by atoms with E-state index < -0.39 is 0 Å². The van der Waals surface area contributed by atoms with Crippen LogP contribution in [0.4, 0.5) is 15.3 Å². The monoisotopic (exact) mass is 419 g/mol. The predicted octanol–water partition coefficient (Wildman–Crippen LogP) is 3.94. The summed E-state index contributed by atoms with van der Waals surface area (Å²) in [7, 11) is 0. The van der Waals surface area contributed by atoms with Gasteiger partial charge in [-0.3, -0.25) is 0 Å². The number of aromatic nitrogens is 4. The van der Waals surface area contributed by atoms with Gasteiger partial charge in [0.15, 0.2) is 0 Å². The van der Waals surface area contributed by atoms with Crippen molar-refractivity contribution >= 4 is 27.2 Å². The molecule has 1 aromatic carbocycles. The topological polar surface area (TPSA) is 82.1 Å². The second kappa shape index (κ2) is 7.72. The summed E-state index contributed by atoms with van der Waals surface area (Å²) in [5, 5.41) is 17.9. The number of nitrogens with one attached hydrogen (secondary N) is 1. The van der Waals surface area contributed by atoms with Gasteiger partial charge in [-0.05, 0) is 49.2 Å². The number of hydrogen-bond donors (Lipinski definition) is 1. The Morgan fingerprint density at radius 1 is 1.13 bits per heavy atom. The highest BCUT2D eigenvalue weighted by atomic mass is 32.1. The number of benzene rings is 1. The maximum atomic E-state index is 13.1. The minimum Gasteiger partial charge on any atom is -0.357 e. The van der Waals surface area contributed by atoms with Gasteiger partial charge in [0.2, 0.25) is 10.1 Å². The molecule has 0 spiro atoms. The van der Waals surface area contributed by atoms with Crippen LogP contribution in [0.15, 0.2) is 48.8 Å². The van der Waals surface area contributed by atoms with Crippen molar-refractivity contribution in [1.82, 2.24) is 19.6 Å². The van der Waals surface area contributed by atoms with E-state index in [-0.39, 0.29) is 5.82 Å². The smallest absolute Gasteiger partial charge is 0.214 e. The molecule has 1 aliphatic rings. The van der Waals surface area contributed by atoms with Gasteiger partial charge in [-0.25, -0.2) is 18.9 Å². The van der Waals surface area contributed by atoms with Crippen LogP contribution >= 0.6 is 11.3 Å². The average molecular weight is 419 g/mol. The molecule has 4 heterocycles. The molecule has 9 heteroatoms. The van der Waals surface area contributed by atoms with Crippen LogP contribution in [0.5, 0.6) is 0 Å². The van der Waals surface area contributed by atoms with Crippen molar-refractivity contribution in [2.75, 3.05) is 23.3 Å². The summed E-state index contributed by atoms with van der Waals surface area (Å²) in [6.07, 6.45) is 5.43. The molecule has 0 amide bonds. The largest absolute Gasteiger partial charge is 0.357 e. The highest BCUT2D eigenvalue weighted by Crippen LogP contribution is 2.27. The van der Waals surface area contributed by atoms with E-state index >= 15 is 0 Å². The summed E-state index contributed by atoms with van der Waals surface area (Å²) in [4.78, 5) is 12.0. The third-order valence-corrected chi connectivity index (χ3v) is 6.06. The third kappa shape index (κ3) is 3.69. The van der Waals surface area contributed by atoms with E-state index in [1.165, 1.54) is 23.5 Å². The Hall–Kier alpha value is -3.51. The Kier molecular flexibility index (Phi) is 4.77. The van der Waals surface area contributed by atoms with Crippen LogP contribution in [0, 0.1) is 17.1 Å². The summed E-state index contributed by atoms with van der Waals surface area (Å²) < 4.78 is 14.9. The second-order valence-electron chi connectivity index (χ2n) is 7.19. The van der Waals surface area contributed by atoms with Crippen molar-refractivity contribution in [3.8, 4) is 17.3 Å². The fourth-order valence-corrected chi connectivity index (χ4v) is 4.44. The standard InChI is InChI=1S/C21H18FN7S/c22-16-4-2-15(3-5-16)18-13-29-21(26-18)30-20(27-29)25-17-7-9-28(10-8-17)19-6-1-14(11-23)12-24-19/h1-6,12-13,17H,7-10H2,(H,25,27). The second-order valence-corrected chi connectivity index (χ2v) is 8.15. The van der Waals surface area contributed by atoms with Crippen molar-refractivity contribution in [1.29, 1.82) is 5.26 Å². The van der Waals surface area contributed by atoms with Gasteiger partial charge in [0.1, 0.15) is 17.7 Å². The molecule has 0 bridgehead atoms. The number of anilines is 2. The molecule has 0 aliphatic carbocycles. The lowest BCUT2D eigenvalue weighted by molar-refractivity contribution is 0.523. The highest BCUT2D eigenvalue weighted by Gasteiger charge is 2.21. The molecule has 1 aliphatic heterocycles. The predicted molar refractivity (Wildman–Crippen MR) is 114 cm³/mol. The van der Waals surface area contributed by atoms with Crippen molar-refractivity contribution in [3.63, 3.8) is 0 Å². The zero-order chi connectivity index (χ0) is 20.5. The summed E-state index contributed by atoms with van der Waals surface area (Å²) in [6, 6.07) is 12.4. The highest BCUT2D eigenvalue weighted by molar-refractivity contribution is 7.20. The lowest BCUT2D eigenvalue weighted by atomic mass is 10.1. The Morgan fingerprint density at radius 3 is 2.60 bits per heavy atom. The summed E-state index contributed by atoms with van der Waals surface area (Å²) in [6.45, 7) is 1.79. The molecule has 30 heavy (non-hydrogen) atoms. The van der Waals surface area contributed by atoms with E-state index in [9.17, 15) is 4.39 Å². The quantitative estimate of drug-likeness (QED) is 0.539. The Balaban J connectivity index is 1.21. The molecule has 4 aromatic rings. The molecule has 1 N–H and O–H groups in total. The number of fused-ring (bicyclic) bond motifs is 1. The lowest BCUT2D eigenvalue weighted by Gasteiger charge is -2.33. The Morgan fingerprint density at radius 2 is 1.93 bits per heavy atom. The first-order valence-corrected chi connectivity index (χ1v) is 10.5. The van der Waals surface area contributed by atoms with Gasteiger partial charge in [0, 0.05) is 30.9 Å². The van der Waals surface area contributed by atoms with Crippen LogP contribution < -0.4 is 10.2 Å². The zero-order valence-electron chi connectivity index (χ0n) is 16.0. The number of nitrogens with zero attached hydrogens (tertiary/aromatic N) is 6. The van der Waals surface area contributed by atoms with Gasteiger partial charge >= 0.3 is 0 Å². The fourth-order valence-electron chi connectivity index (χ4n) is 3.59. The zero-order valence-corrected chi connectivity index (χ0v) is 16.8. The molecule has 5 rings (SSSR count). The number of rotatable bonds is 4. The van der Waals surface area contributed by atoms with Crippen molar-refractivity contribution < 1.29 is 4.39 Å². The molecule has 3 aromatic heterocycles. The average Bonchev–Trinajstić information content (AvgIpc) is 3.34. The fraction of sp³-hybridized carbons (Fsp3) is 0.238. The normalized spacial score (nSPS) is 14.7. The van der Waals surface area contributed by atoms with E-state index in [0.29, 0.717) is 11.6 Å². The summed E-state index contributed by atoms with van der Waals surface area (Å²) >= 11 is 1.51. The summed E-state index contributed by atoms with van der Waals surface area (Å²) in [5.41, 5.74) is 2.22. The first-order chi connectivity index (χ1) is 14.7. The molecule has 1 saturated heterocycles. The van der Waals surface area contributed by atoms with Gasteiger partial charge in [-0.2, -0.15) is 5.26 Å². The van der Waals surface area contributed by atoms with E-state index in [1.807, 2.05) is 12.3 Å². The number of imidazole rings is 1. The molecular formula is C21H18FN7S. The number of halogens is 1. The van der Waals surface area contributed by atoms with Gasteiger partial charge < -0.3 is 10.2 Å². The third-order valence-electron chi connectivity index (χ3n) is 5.21. The van der Waals surface area contributed by atoms with Crippen LogP contribution in [-0.2, 0) is 0 Å². The van der Waals surface area contributed by atoms with Crippen LogP contribution in [0.1, 0.15) is 18.4 Å². The number of piperidine rings is 1. The van der Waals surface area contributed by atoms with Gasteiger partial charge in [0.25, 0.3) is 0 Å². The maximum absolute atomic E-state index is 13.1. The lowest BCUT2D eigenvalue weighted by Crippen LogP contribution is -2.39. The number of hydrogen-bond acceptors (Lipinski definition) is 7. The van der Waals surface area contributed by atoms with E-state index in [1.54, 1.807) is 28.9 Å². The molecular weight excluding hydrogens is 401 g/mol. The van der Waals surface area contributed by atoms with Crippen molar-refractivity contribution in [2.45, 2.75) is 18.9 Å². The number of pyridine rings is 1. The molecule has 0 unspecified atom stereocenters. The maximum Gasteiger partial charge on any atom is 0.214 e. The Bertz CT molecular complexity index is 1170. The van der Waals surface area contributed by atoms with Gasteiger partial charge in [-0.1, -0.05) is 11.3 Å². The Labute approximate surface area is 176 Å². The molecule has 150 valence electrons. The van der Waals surface area contributed by atoms with Crippen molar-refractivity contribution in [3.05, 3.63) is 60.2 Å². The molecule has 0 radical (unpaired) electrons. The molecule has 0 atom stereocenters. The molecule has 0 saturated carbocycles. The first-order valence-electron chi connectivity index (χ1n) is 9.68. The van der Waals surface area contributed by atoms with Crippen LogP contribution in [0.25, 0.3) is 16.2 Å². The van der Waals surface area contributed by atoms with E-state index in [4.69, 9.17) is 5.26 Å². The van der Waals surface area contributed by atoms with Gasteiger partial charge in [-0.15, -0.1) is 5.10 Å². The van der Waals surface area contributed by atoms with Crippen molar-refractivity contribution in [2.24, 2.45) is 0 Å². The minimum atomic E-state index is -0.259. The van der Waals surface area contributed by atoms with Gasteiger partial charge in [0.05, 0.1) is 17.5 Å². The van der Waals surface area contributed by atoms with Crippen LogP contribution in [0.3, 0.4) is 0 Å². The number of nitriles is 1. The molecule has 7 nitrogen and oxygen atoms in total.